The minimum Gasteiger partial charge on any atom is -0.309 e. The maximum atomic E-state index is 10.9. The number of sulfonamides is 1. The molecule has 1 rings (SSSR count). The van der Waals surface area contributed by atoms with Gasteiger partial charge >= 0.3 is 0 Å². The van der Waals surface area contributed by atoms with Crippen molar-refractivity contribution in [2.75, 3.05) is 19.3 Å². The van der Waals surface area contributed by atoms with Gasteiger partial charge in [0.1, 0.15) is 0 Å². The first-order chi connectivity index (χ1) is 8.72. The summed E-state index contributed by atoms with van der Waals surface area (Å²) in [7, 11) is -3.16. The van der Waals surface area contributed by atoms with Crippen molar-refractivity contribution in [2.24, 2.45) is 0 Å². The number of nitrogens with one attached hydrogen (secondary N) is 2. The van der Waals surface area contributed by atoms with E-state index in [1.54, 1.807) is 12.1 Å². The lowest BCUT2D eigenvalue weighted by molar-refractivity contribution is 0.556. The van der Waals surface area contributed by atoms with Gasteiger partial charge in [-0.2, -0.15) is 0 Å². The Morgan fingerprint density at radius 3 is 2.37 bits per heavy atom. The fraction of sp³-hybridized carbons (Fsp3) is 0.455. The van der Waals surface area contributed by atoms with E-state index in [-0.39, 0.29) is 6.04 Å². The minimum atomic E-state index is -3.16. The summed E-state index contributed by atoms with van der Waals surface area (Å²) in [5.41, 5.74) is 0.815. The largest absolute Gasteiger partial charge is 0.309 e. The summed E-state index contributed by atoms with van der Waals surface area (Å²) in [4.78, 5) is 0. The van der Waals surface area contributed by atoms with E-state index in [0.29, 0.717) is 28.2 Å². The van der Waals surface area contributed by atoms with Crippen LogP contribution in [0, 0.1) is 0 Å². The Morgan fingerprint density at radius 2 is 1.79 bits per heavy atom. The van der Waals surface area contributed by atoms with Crippen LogP contribution < -0.4 is 10.0 Å². The van der Waals surface area contributed by atoms with Gasteiger partial charge in [0.05, 0.1) is 21.3 Å². The van der Waals surface area contributed by atoms with Crippen molar-refractivity contribution in [1.29, 1.82) is 0 Å². The molecule has 108 valence electrons. The topological polar surface area (TPSA) is 58.2 Å². The lowest BCUT2D eigenvalue weighted by Gasteiger charge is -2.16. The molecule has 1 unspecified atom stereocenters. The third-order valence-corrected chi connectivity index (χ3v) is 4.51. The summed E-state index contributed by atoms with van der Waals surface area (Å²) >= 11 is 17.9. The van der Waals surface area contributed by atoms with E-state index in [1.807, 2.05) is 6.92 Å². The second kappa shape index (κ2) is 7.11. The lowest BCUT2D eigenvalue weighted by atomic mass is 10.1. The van der Waals surface area contributed by atoms with Crippen LogP contribution in [0.4, 0.5) is 0 Å². The van der Waals surface area contributed by atoms with Crippen molar-refractivity contribution < 1.29 is 8.42 Å². The molecule has 1 atom stereocenters. The van der Waals surface area contributed by atoms with E-state index in [2.05, 4.69) is 10.0 Å². The highest BCUT2D eigenvalue weighted by molar-refractivity contribution is 7.88. The molecular weight excluding hydrogens is 331 g/mol. The van der Waals surface area contributed by atoms with Gasteiger partial charge in [0.2, 0.25) is 10.0 Å². The molecule has 0 aliphatic rings. The first-order valence-corrected chi connectivity index (χ1v) is 8.56. The normalized spacial score (nSPS) is 13.5. The Hall–Kier alpha value is -0.0400. The molecule has 0 heterocycles. The van der Waals surface area contributed by atoms with Crippen molar-refractivity contribution in [3.63, 3.8) is 0 Å². The summed E-state index contributed by atoms with van der Waals surface area (Å²) in [6.07, 6.45) is 1.12. The highest BCUT2D eigenvalue weighted by Gasteiger charge is 2.13. The number of halogens is 3. The molecule has 0 fully saturated rings. The van der Waals surface area contributed by atoms with Crippen molar-refractivity contribution in [3.8, 4) is 0 Å². The van der Waals surface area contributed by atoms with E-state index in [4.69, 9.17) is 34.8 Å². The third-order valence-electron chi connectivity index (χ3n) is 2.47. The van der Waals surface area contributed by atoms with Crippen molar-refractivity contribution in [1.82, 2.24) is 10.0 Å². The summed E-state index contributed by atoms with van der Waals surface area (Å²) in [5, 5.41) is 4.28. The maximum Gasteiger partial charge on any atom is 0.208 e. The molecule has 0 spiro atoms. The van der Waals surface area contributed by atoms with Crippen LogP contribution in [0.1, 0.15) is 18.5 Å². The van der Waals surface area contributed by atoms with Crippen LogP contribution >= 0.6 is 34.8 Å². The van der Waals surface area contributed by atoms with Crippen LogP contribution in [0.3, 0.4) is 0 Å². The van der Waals surface area contributed by atoms with Crippen molar-refractivity contribution in [3.05, 3.63) is 32.8 Å². The Bertz CT molecular complexity index is 549. The molecule has 0 radical (unpaired) electrons. The van der Waals surface area contributed by atoms with E-state index < -0.39 is 10.0 Å². The Balaban J connectivity index is 2.59. The minimum absolute atomic E-state index is 0.0661. The van der Waals surface area contributed by atoms with Crippen LogP contribution in [0.2, 0.25) is 15.1 Å². The van der Waals surface area contributed by atoms with Gasteiger partial charge < -0.3 is 5.32 Å². The maximum absolute atomic E-state index is 10.9. The molecule has 1 aromatic carbocycles. The molecule has 8 heteroatoms. The number of rotatable bonds is 6. The molecule has 0 aliphatic carbocycles. The Morgan fingerprint density at radius 1 is 1.16 bits per heavy atom. The predicted octanol–water partition coefficient (Wildman–Crippen LogP) is 2.85. The SMILES string of the molecule is CC(NCCNS(C)(=O)=O)c1ccc(Cl)c(Cl)c1Cl. The summed E-state index contributed by atoms with van der Waals surface area (Å²) in [6, 6.07) is 3.40. The van der Waals surface area contributed by atoms with Gasteiger partial charge in [0.15, 0.2) is 0 Å². The monoisotopic (exact) mass is 344 g/mol. The molecule has 4 nitrogen and oxygen atoms in total. The zero-order valence-corrected chi connectivity index (χ0v) is 13.6. The van der Waals surface area contributed by atoms with E-state index in [1.165, 1.54) is 0 Å². The smallest absolute Gasteiger partial charge is 0.208 e. The van der Waals surface area contributed by atoms with Gasteiger partial charge in [0, 0.05) is 19.1 Å². The highest BCUT2D eigenvalue weighted by Crippen LogP contribution is 2.35. The first kappa shape index (κ1) is 17.0. The fourth-order valence-corrected chi connectivity index (χ4v) is 2.69. The first-order valence-electron chi connectivity index (χ1n) is 5.54. The van der Waals surface area contributed by atoms with Gasteiger partial charge in [-0.1, -0.05) is 40.9 Å². The van der Waals surface area contributed by atoms with Crippen LogP contribution in [-0.4, -0.2) is 27.8 Å². The van der Waals surface area contributed by atoms with Crippen LogP contribution in [-0.2, 0) is 10.0 Å². The lowest BCUT2D eigenvalue weighted by Crippen LogP contribution is -2.32. The van der Waals surface area contributed by atoms with Crippen LogP contribution in [0.25, 0.3) is 0 Å². The number of hydrogen-bond acceptors (Lipinski definition) is 3. The molecule has 0 aromatic heterocycles. The second-order valence-corrected chi connectivity index (χ2v) is 7.10. The average Bonchev–Trinajstić information content (AvgIpc) is 2.30. The zero-order valence-electron chi connectivity index (χ0n) is 10.5. The predicted molar refractivity (Wildman–Crippen MR) is 80.7 cm³/mol. The number of benzene rings is 1. The average molecular weight is 346 g/mol. The molecule has 0 saturated carbocycles. The molecule has 19 heavy (non-hydrogen) atoms. The van der Waals surface area contributed by atoms with Crippen LogP contribution in [0.15, 0.2) is 12.1 Å². The highest BCUT2D eigenvalue weighted by atomic mass is 35.5. The van der Waals surface area contributed by atoms with Gasteiger partial charge in [-0.3, -0.25) is 0 Å². The molecular formula is C11H15Cl3N2O2S. The molecule has 0 saturated heterocycles. The molecule has 0 bridgehead atoms. The molecule has 2 N–H and O–H groups in total. The van der Waals surface area contributed by atoms with Gasteiger partial charge in [-0.15, -0.1) is 0 Å². The quantitative estimate of drug-likeness (QED) is 0.616. The van der Waals surface area contributed by atoms with E-state index in [9.17, 15) is 8.42 Å². The van der Waals surface area contributed by atoms with Gasteiger partial charge in [-0.05, 0) is 18.6 Å². The number of hydrogen-bond donors (Lipinski definition) is 2. The summed E-state index contributed by atoms with van der Waals surface area (Å²) in [6.45, 7) is 2.69. The fourth-order valence-electron chi connectivity index (χ4n) is 1.51. The van der Waals surface area contributed by atoms with Gasteiger partial charge in [-0.25, -0.2) is 13.1 Å². The van der Waals surface area contributed by atoms with E-state index in [0.717, 1.165) is 11.8 Å². The second-order valence-electron chi connectivity index (χ2n) is 4.11. The molecule has 0 amide bonds. The van der Waals surface area contributed by atoms with Gasteiger partial charge in [0.25, 0.3) is 0 Å². The summed E-state index contributed by atoms with van der Waals surface area (Å²) in [5.74, 6) is 0. The summed E-state index contributed by atoms with van der Waals surface area (Å²) < 4.78 is 24.2. The van der Waals surface area contributed by atoms with Crippen LogP contribution in [0.5, 0.6) is 0 Å². The van der Waals surface area contributed by atoms with Crippen molar-refractivity contribution in [2.45, 2.75) is 13.0 Å². The van der Waals surface area contributed by atoms with E-state index >= 15 is 0 Å². The zero-order chi connectivity index (χ0) is 14.6. The molecule has 1 aromatic rings. The standard InChI is InChI=1S/C11H15Cl3N2O2S/c1-7(15-5-6-16-19(2,17)18)8-3-4-9(12)11(14)10(8)13/h3-4,7,15-16H,5-6H2,1-2H3. The third kappa shape index (κ3) is 5.45. The molecule has 0 aliphatic heterocycles. The van der Waals surface area contributed by atoms with Crippen molar-refractivity contribution >= 4 is 44.8 Å². The Kier molecular flexibility index (Phi) is 6.36. The Labute approximate surface area is 128 Å².